The molecule has 2 aliphatic rings. The van der Waals surface area contributed by atoms with Gasteiger partial charge in [-0.25, -0.2) is 0 Å². The number of allylic oxidation sites excluding steroid dienone is 2. The molecule has 2 heterocycles. The minimum Gasteiger partial charge on any atom is -0.473 e. The smallest absolute Gasteiger partial charge is 0.432 e. The third-order valence-corrected chi connectivity index (χ3v) is 5.32. The summed E-state index contributed by atoms with van der Waals surface area (Å²) in [5, 5.41) is 11.8. The van der Waals surface area contributed by atoms with E-state index in [-0.39, 0.29) is 18.0 Å². The van der Waals surface area contributed by atoms with Crippen molar-refractivity contribution in [1.82, 2.24) is 4.90 Å². The second-order valence-electron chi connectivity index (χ2n) is 7.55. The van der Waals surface area contributed by atoms with Crippen molar-refractivity contribution in [3.8, 4) is 5.75 Å². The molecule has 30 heavy (non-hydrogen) atoms. The van der Waals surface area contributed by atoms with Crippen molar-refractivity contribution < 1.29 is 32.4 Å². The topological polar surface area (TPSA) is 81.9 Å². The molecule has 0 saturated carbocycles. The summed E-state index contributed by atoms with van der Waals surface area (Å²) in [6.07, 6.45) is -6.23. The Morgan fingerprint density at radius 2 is 2.00 bits per heavy atom. The summed E-state index contributed by atoms with van der Waals surface area (Å²) in [5.74, 6) is -1.41. The van der Waals surface area contributed by atoms with Gasteiger partial charge in [-0.1, -0.05) is 17.7 Å². The number of halogens is 3. The fourth-order valence-electron chi connectivity index (χ4n) is 4.00. The molecule has 1 fully saturated rings. The standard InChI is InChI=1S/C20H23F3N2O5/c1-12-3-4-17-15(9-12)16(18(25(27)28)19(30-17)20(21,22)23)11-14(10-13(2)26)24-5-7-29-8-6-24/h3-4,9-10,16,18-19H,5-8,11H2,1-2H3/b14-10+/t16-,18+,19-/m0/s1. The number of morpholine rings is 1. The van der Waals surface area contributed by atoms with E-state index in [4.69, 9.17) is 9.47 Å². The first-order chi connectivity index (χ1) is 14.1. The van der Waals surface area contributed by atoms with Gasteiger partial charge in [0.15, 0.2) is 5.78 Å². The highest BCUT2D eigenvalue weighted by molar-refractivity contribution is 5.87. The number of fused-ring (bicyclic) bond motifs is 1. The van der Waals surface area contributed by atoms with Crippen LogP contribution in [0.2, 0.25) is 0 Å². The van der Waals surface area contributed by atoms with Crippen molar-refractivity contribution in [3.63, 3.8) is 0 Å². The first-order valence-electron chi connectivity index (χ1n) is 9.59. The third kappa shape index (κ3) is 4.75. The first-order valence-corrected chi connectivity index (χ1v) is 9.59. The average Bonchev–Trinajstić information content (AvgIpc) is 2.66. The van der Waals surface area contributed by atoms with Crippen LogP contribution in [0.4, 0.5) is 13.2 Å². The molecule has 1 saturated heterocycles. The summed E-state index contributed by atoms with van der Waals surface area (Å²) in [6.45, 7) is 4.81. The van der Waals surface area contributed by atoms with Crippen molar-refractivity contribution in [1.29, 1.82) is 0 Å². The van der Waals surface area contributed by atoms with Crippen LogP contribution in [0.3, 0.4) is 0 Å². The number of benzene rings is 1. The minimum atomic E-state index is -4.91. The monoisotopic (exact) mass is 428 g/mol. The molecule has 0 spiro atoms. The zero-order chi connectivity index (χ0) is 22.1. The number of ether oxygens (including phenoxy) is 2. The largest absolute Gasteiger partial charge is 0.473 e. The second-order valence-corrected chi connectivity index (χ2v) is 7.55. The van der Waals surface area contributed by atoms with Gasteiger partial charge in [0.2, 0.25) is 0 Å². The number of alkyl halides is 3. The van der Waals surface area contributed by atoms with Gasteiger partial charge in [-0.3, -0.25) is 14.9 Å². The molecule has 7 nitrogen and oxygen atoms in total. The van der Waals surface area contributed by atoms with Gasteiger partial charge in [0.25, 0.3) is 12.1 Å². The number of nitrogens with zero attached hydrogens (tertiary/aromatic N) is 2. The van der Waals surface area contributed by atoms with Gasteiger partial charge in [0.05, 0.1) is 19.1 Å². The SMILES string of the molecule is CC(=O)/C=C(\C[C@H]1c2cc(C)ccc2O[C@H](C(F)(F)F)[C@@H]1[N+](=O)[O-])N1CCOCC1. The third-order valence-electron chi connectivity index (χ3n) is 5.32. The van der Waals surface area contributed by atoms with E-state index in [1.807, 2.05) is 4.90 Å². The van der Waals surface area contributed by atoms with Crippen molar-refractivity contribution in [2.75, 3.05) is 26.3 Å². The first kappa shape index (κ1) is 22.1. The normalized spacial score (nSPS) is 24.8. The summed E-state index contributed by atoms with van der Waals surface area (Å²) in [4.78, 5) is 24.5. The van der Waals surface area contributed by atoms with Gasteiger partial charge in [-0.2, -0.15) is 13.2 Å². The van der Waals surface area contributed by atoms with Crippen LogP contribution in [-0.2, 0) is 9.53 Å². The maximum Gasteiger partial charge on any atom is 0.432 e. The number of carbonyl (C=O) groups excluding carboxylic acids is 1. The molecule has 0 unspecified atom stereocenters. The summed E-state index contributed by atoms with van der Waals surface area (Å²) >= 11 is 0. The maximum atomic E-state index is 13.7. The van der Waals surface area contributed by atoms with Gasteiger partial charge >= 0.3 is 6.18 Å². The van der Waals surface area contributed by atoms with Gasteiger partial charge in [-0.05, 0) is 26.0 Å². The number of ketones is 1. The van der Waals surface area contributed by atoms with Crippen molar-refractivity contribution in [2.45, 2.75) is 44.5 Å². The molecule has 164 valence electrons. The van der Waals surface area contributed by atoms with Gasteiger partial charge < -0.3 is 14.4 Å². The Morgan fingerprint density at radius 3 is 2.57 bits per heavy atom. The van der Waals surface area contributed by atoms with Crippen molar-refractivity contribution >= 4 is 5.78 Å². The Kier molecular flexibility index (Phi) is 6.35. The summed E-state index contributed by atoms with van der Waals surface area (Å²) in [6, 6.07) is 2.60. The summed E-state index contributed by atoms with van der Waals surface area (Å²) < 4.78 is 51.4. The molecule has 0 bridgehead atoms. The molecule has 1 aromatic rings. The number of nitro groups is 1. The zero-order valence-electron chi connectivity index (χ0n) is 16.6. The Bertz CT molecular complexity index is 849. The molecular weight excluding hydrogens is 405 g/mol. The highest BCUT2D eigenvalue weighted by Gasteiger charge is 2.59. The van der Waals surface area contributed by atoms with Crippen LogP contribution in [0.25, 0.3) is 0 Å². The van der Waals surface area contributed by atoms with E-state index in [9.17, 15) is 28.1 Å². The Balaban J connectivity index is 2.08. The zero-order valence-corrected chi connectivity index (χ0v) is 16.6. The van der Waals surface area contributed by atoms with Crippen LogP contribution >= 0.6 is 0 Å². The number of rotatable bonds is 5. The summed E-state index contributed by atoms with van der Waals surface area (Å²) in [7, 11) is 0. The van der Waals surface area contributed by atoms with Crippen LogP contribution in [0, 0.1) is 17.0 Å². The van der Waals surface area contributed by atoms with E-state index in [2.05, 4.69) is 0 Å². The molecule has 2 aliphatic heterocycles. The number of aryl methyl sites for hydroxylation is 1. The summed E-state index contributed by atoms with van der Waals surface area (Å²) in [5.41, 5.74) is 1.57. The number of hydrogen-bond acceptors (Lipinski definition) is 6. The molecule has 0 amide bonds. The molecule has 0 aliphatic carbocycles. The molecule has 10 heteroatoms. The molecular formula is C20H23F3N2O5. The molecule has 0 aromatic heterocycles. The van der Waals surface area contributed by atoms with Crippen LogP contribution < -0.4 is 4.74 Å². The highest BCUT2D eigenvalue weighted by atomic mass is 19.4. The fourth-order valence-corrected chi connectivity index (χ4v) is 4.00. The van der Waals surface area contributed by atoms with E-state index < -0.39 is 29.2 Å². The Hall–Kier alpha value is -2.62. The van der Waals surface area contributed by atoms with Crippen LogP contribution in [0.15, 0.2) is 30.0 Å². The lowest BCUT2D eigenvalue weighted by molar-refractivity contribution is -0.548. The Morgan fingerprint density at radius 1 is 1.33 bits per heavy atom. The molecule has 0 radical (unpaired) electrons. The quantitative estimate of drug-likeness (QED) is 0.407. The van der Waals surface area contributed by atoms with E-state index in [1.165, 1.54) is 19.1 Å². The number of carbonyl (C=O) groups is 1. The molecule has 0 N–H and O–H groups in total. The lowest BCUT2D eigenvalue weighted by Gasteiger charge is -2.38. The van der Waals surface area contributed by atoms with Gasteiger partial charge in [-0.15, -0.1) is 0 Å². The van der Waals surface area contributed by atoms with Crippen LogP contribution in [0.5, 0.6) is 5.75 Å². The van der Waals surface area contributed by atoms with Crippen molar-refractivity contribution in [2.24, 2.45) is 0 Å². The lowest BCUT2D eigenvalue weighted by atomic mass is 9.81. The van der Waals surface area contributed by atoms with Crippen LogP contribution in [-0.4, -0.2) is 60.2 Å². The van der Waals surface area contributed by atoms with E-state index in [1.54, 1.807) is 19.1 Å². The molecule has 1 aromatic carbocycles. The fraction of sp³-hybridized carbons (Fsp3) is 0.550. The van der Waals surface area contributed by atoms with Crippen LogP contribution in [0.1, 0.15) is 30.4 Å². The predicted molar refractivity (Wildman–Crippen MR) is 101 cm³/mol. The second kappa shape index (κ2) is 8.63. The van der Waals surface area contributed by atoms with E-state index in [0.29, 0.717) is 37.6 Å². The minimum absolute atomic E-state index is 0.0184. The van der Waals surface area contributed by atoms with E-state index in [0.717, 1.165) is 5.56 Å². The van der Waals surface area contributed by atoms with Gasteiger partial charge in [0.1, 0.15) is 5.75 Å². The Labute approximate surface area is 171 Å². The average molecular weight is 428 g/mol. The predicted octanol–water partition coefficient (Wildman–Crippen LogP) is 3.24. The maximum absolute atomic E-state index is 13.7. The van der Waals surface area contributed by atoms with Gasteiger partial charge in [0, 0.05) is 35.7 Å². The lowest BCUT2D eigenvalue weighted by Crippen LogP contribution is -2.53. The highest BCUT2D eigenvalue weighted by Crippen LogP contribution is 2.45. The number of hydrogen-bond donors (Lipinski definition) is 0. The molecule has 3 rings (SSSR count). The van der Waals surface area contributed by atoms with Crippen molar-refractivity contribution in [3.05, 3.63) is 51.2 Å². The van der Waals surface area contributed by atoms with E-state index >= 15 is 0 Å². The molecule has 3 atom stereocenters.